The van der Waals surface area contributed by atoms with Gasteiger partial charge >= 0.3 is 0 Å². The van der Waals surface area contributed by atoms with Gasteiger partial charge in [0.25, 0.3) is 5.91 Å². The first-order valence-corrected chi connectivity index (χ1v) is 8.74. The number of hydrogen-bond donors (Lipinski definition) is 1. The summed E-state index contributed by atoms with van der Waals surface area (Å²) in [6, 6.07) is 7.03. The molecule has 2 rings (SSSR count). The smallest absolute Gasteiger partial charge is 0.254 e. The Morgan fingerprint density at radius 1 is 1.33 bits per heavy atom. The maximum atomic E-state index is 12.6. The van der Waals surface area contributed by atoms with E-state index in [1.807, 2.05) is 6.92 Å². The van der Waals surface area contributed by atoms with E-state index in [1.165, 1.54) is 0 Å². The Morgan fingerprint density at radius 3 is 2.57 bits per heavy atom. The molecule has 4 nitrogen and oxygen atoms in total. The highest BCUT2D eigenvalue weighted by Crippen LogP contribution is 2.30. The van der Waals surface area contributed by atoms with E-state index in [1.54, 1.807) is 36.2 Å². The van der Waals surface area contributed by atoms with Crippen LogP contribution in [0.25, 0.3) is 0 Å². The molecular weight excluding hydrogens is 286 g/mol. The molecule has 0 aromatic heterocycles. The molecule has 1 amide bonds. The van der Waals surface area contributed by atoms with Crippen LogP contribution in [0.1, 0.15) is 43.0 Å². The van der Waals surface area contributed by atoms with Gasteiger partial charge in [-0.3, -0.25) is 9.00 Å². The van der Waals surface area contributed by atoms with Crippen molar-refractivity contribution >= 4 is 16.7 Å². The summed E-state index contributed by atoms with van der Waals surface area (Å²) < 4.78 is 12.1. The zero-order valence-corrected chi connectivity index (χ0v) is 13.5. The van der Waals surface area contributed by atoms with Gasteiger partial charge in [-0.25, -0.2) is 0 Å². The van der Waals surface area contributed by atoms with Crippen LogP contribution in [0, 0.1) is 0 Å². The Hall–Kier alpha value is -1.20. The summed E-state index contributed by atoms with van der Waals surface area (Å²) in [6.07, 6.45) is 3.50. The topological polar surface area (TPSA) is 57.6 Å². The third-order valence-corrected chi connectivity index (χ3v) is 5.41. The summed E-state index contributed by atoms with van der Waals surface area (Å²) in [7, 11) is 0.535. The lowest BCUT2D eigenvalue weighted by molar-refractivity contribution is 0.0155. The van der Waals surface area contributed by atoms with Gasteiger partial charge in [-0.1, -0.05) is 31.9 Å². The molecule has 0 saturated heterocycles. The molecule has 0 heterocycles. The van der Waals surface area contributed by atoms with Crippen molar-refractivity contribution in [1.29, 1.82) is 0 Å². The SMILES string of the molecule is CCS(=O)c1ccccc1C(=O)N(C)CC1(O)CCCC1. The number of aliphatic hydroxyl groups is 1. The van der Waals surface area contributed by atoms with Crippen LogP contribution >= 0.6 is 0 Å². The Bertz CT molecular complexity index is 538. The average Bonchev–Trinajstić information content (AvgIpc) is 2.91. The van der Waals surface area contributed by atoms with Gasteiger partial charge in [0.2, 0.25) is 0 Å². The van der Waals surface area contributed by atoms with Crippen LogP contribution in [0.15, 0.2) is 29.2 Å². The van der Waals surface area contributed by atoms with Crippen molar-refractivity contribution in [1.82, 2.24) is 4.90 Å². The van der Waals surface area contributed by atoms with Crippen molar-refractivity contribution in [2.75, 3.05) is 19.3 Å². The van der Waals surface area contributed by atoms with Crippen LogP contribution in [0.3, 0.4) is 0 Å². The number of hydrogen-bond acceptors (Lipinski definition) is 3. The van der Waals surface area contributed by atoms with Crippen LogP contribution in [-0.4, -0.2) is 45.1 Å². The van der Waals surface area contributed by atoms with Crippen molar-refractivity contribution in [2.24, 2.45) is 0 Å². The molecule has 0 spiro atoms. The first-order chi connectivity index (χ1) is 9.97. The van der Waals surface area contributed by atoms with Gasteiger partial charge in [-0.15, -0.1) is 0 Å². The van der Waals surface area contributed by atoms with Crippen molar-refractivity contribution in [2.45, 2.75) is 43.1 Å². The lowest BCUT2D eigenvalue weighted by Gasteiger charge is -2.29. The molecular formula is C16H23NO3S. The molecule has 1 fully saturated rings. The first-order valence-electron chi connectivity index (χ1n) is 7.42. The molecule has 0 bridgehead atoms. The van der Waals surface area contributed by atoms with Crippen molar-refractivity contribution in [3.8, 4) is 0 Å². The van der Waals surface area contributed by atoms with Gasteiger partial charge in [0.1, 0.15) is 0 Å². The number of amides is 1. The second-order valence-electron chi connectivity index (χ2n) is 5.72. The molecule has 0 aliphatic heterocycles. The van der Waals surface area contributed by atoms with Crippen molar-refractivity contribution in [3.63, 3.8) is 0 Å². The molecule has 1 atom stereocenters. The van der Waals surface area contributed by atoms with Gasteiger partial charge in [0, 0.05) is 19.3 Å². The van der Waals surface area contributed by atoms with Crippen molar-refractivity contribution < 1.29 is 14.1 Å². The summed E-state index contributed by atoms with van der Waals surface area (Å²) in [5.74, 6) is 0.311. The Labute approximate surface area is 128 Å². The second-order valence-corrected chi connectivity index (χ2v) is 7.43. The quantitative estimate of drug-likeness (QED) is 0.907. The summed E-state index contributed by atoms with van der Waals surface area (Å²) in [5, 5.41) is 10.4. The number of carbonyl (C=O) groups excluding carboxylic acids is 1. The number of benzene rings is 1. The predicted octanol–water partition coefficient (Wildman–Crippen LogP) is 2.19. The summed E-state index contributed by atoms with van der Waals surface area (Å²) in [4.78, 5) is 14.7. The summed E-state index contributed by atoms with van der Waals surface area (Å²) in [5.41, 5.74) is -0.287. The van der Waals surface area contributed by atoms with Gasteiger partial charge in [0.05, 0.1) is 26.9 Å². The van der Waals surface area contributed by atoms with Crippen LogP contribution < -0.4 is 0 Å². The fraction of sp³-hybridized carbons (Fsp3) is 0.562. The molecule has 1 N–H and O–H groups in total. The maximum Gasteiger partial charge on any atom is 0.254 e. The molecule has 1 aromatic rings. The van der Waals surface area contributed by atoms with E-state index in [0.29, 0.717) is 22.8 Å². The number of carbonyl (C=O) groups is 1. The molecule has 1 aliphatic rings. The van der Waals surface area contributed by atoms with E-state index < -0.39 is 16.4 Å². The van der Waals surface area contributed by atoms with E-state index in [0.717, 1.165) is 25.7 Å². The third kappa shape index (κ3) is 3.71. The van der Waals surface area contributed by atoms with E-state index >= 15 is 0 Å². The van der Waals surface area contributed by atoms with Crippen molar-refractivity contribution in [3.05, 3.63) is 29.8 Å². The van der Waals surface area contributed by atoms with Gasteiger partial charge in [0.15, 0.2) is 0 Å². The molecule has 21 heavy (non-hydrogen) atoms. The lowest BCUT2D eigenvalue weighted by Crippen LogP contribution is -2.42. The minimum absolute atomic E-state index is 0.173. The highest BCUT2D eigenvalue weighted by molar-refractivity contribution is 7.85. The normalized spacial score (nSPS) is 18.4. The molecule has 1 saturated carbocycles. The van der Waals surface area contributed by atoms with Crippen LogP contribution in [0.4, 0.5) is 0 Å². The molecule has 116 valence electrons. The van der Waals surface area contributed by atoms with E-state index in [-0.39, 0.29) is 5.91 Å². The Balaban J connectivity index is 2.18. The van der Waals surface area contributed by atoms with E-state index in [9.17, 15) is 14.1 Å². The third-order valence-electron chi connectivity index (χ3n) is 4.04. The number of rotatable bonds is 5. The fourth-order valence-electron chi connectivity index (χ4n) is 2.91. The van der Waals surface area contributed by atoms with Gasteiger partial charge in [-0.2, -0.15) is 0 Å². The summed E-state index contributed by atoms with van der Waals surface area (Å²) >= 11 is 0. The minimum Gasteiger partial charge on any atom is -0.388 e. The minimum atomic E-state index is -1.16. The van der Waals surface area contributed by atoms with Gasteiger partial charge < -0.3 is 10.0 Å². The predicted molar refractivity (Wildman–Crippen MR) is 83.8 cm³/mol. The Morgan fingerprint density at radius 2 is 1.95 bits per heavy atom. The lowest BCUT2D eigenvalue weighted by atomic mass is 10.0. The standard InChI is InChI=1S/C16H23NO3S/c1-3-21(20)14-9-5-4-8-13(14)15(18)17(2)12-16(19)10-6-7-11-16/h4-5,8-9,19H,3,6-7,10-12H2,1-2H3. The largest absolute Gasteiger partial charge is 0.388 e. The van der Waals surface area contributed by atoms with Crippen LogP contribution in [0.2, 0.25) is 0 Å². The first kappa shape index (κ1) is 16.2. The summed E-state index contributed by atoms with van der Waals surface area (Å²) in [6.45, 7) is 2.17. The molecule has 1 unspecified atom stereocenters. The average molecular weight is 309 g/mol. The van der Waals surface area contributed by atoms with Crippen LogP contribution in [-0.2, 0) is 10.8 Å². The maximum absolute atomic E-state index is 12.6. The molecule has 5 heteroatoms. The second kappa shape index (κ2) is 6.71. The highest BCUT2D eigenvalue weighted by atomic mass is 32.2. The molecule has 0 radical (unpaired) electrons. The molecule has 1 aliphatic carbocycles. The van der Waals surface area contributed by atoms with E-state index in [4.69, 9.17) is 0 Å². The van der Waals surface area contributed by atoms with Gasteiger partial charge in [-0.05, 0) is 25.0 Å². The zero-order chi connectivity index (χ0) is 15.5. The Kier molecular flexibility index (Phi) is 5.17. The number of nitrogens with zero attached hydrogens (tertiary/aromatic N) is 1. The van der Waals surface area contributed by atoms with Crippen LogP contribution in [0.5, 0.6) is 0 Å². The zero-order valence-electron chi connectivity index (χ0n) is 12.7. The fourth-order valence-corrected chi connectivity index (χ4v) is 3.85. The van der Waals surface area contributed by atoms with E-state index in [2.05, 4.69) is 0 Å². The monoisotopic (exact) mass is 309 g/mol. The number of likely N-dealkylation sites (N-methyl/N-ethyl adjacent to an activating group) is 1. The highest BCUT2D eigenvalue weighted by Gasteiger charge is 2.34. The molecule has 1 aromatic carbocycles.